The molecule has 2 aromatic rings. The molecule has 8 nitrogen and oxygen atoms in total. The van der Waals surface area contributed by atoms with E-state index in [1.54, 1.807) is 44.2 Å². The molecule has 0 aliphatic rings. The monoisotopic (exact) mass is 460 g/mol. The van der Waals surface area contributed by atoms with Crippen LogP contribution in [0.15, 0.2) is 58.1 Å². The number of para-hydroxylation sites is 1. The molecule has 9 heteroatoms. The zero-order valence-electron chi connectivity index (χ0n) is 15.9. The zero-order valence-corrected chi connectivity index (χ0v) is 17.5. The van der Waals surface area contributed by atoms with Crippen molar-refractivity contribution in [3.8, 4) is 5.75 Å². The SMILES string of the molecule is CC(C)NC(=O)C(=O)N/N=C\c1cc(Br)ccc1OCC(=O)Nc1ccccc1. The zero-order chi connectivity index (χ0) is 21.2. The van der Waals surface area contributed by atoms with Crippen LogP contribution in [-0.4, -0.2) is 36.6 Å². The molecule has 0 radical (unpaired) electrons. The number of nitrogens with zero attached hydrogens (tertiary/aromatic N) is 1. The third kappa shape index (κ3) is 7.74. The smallest absolute Gasteiger partial charge is 0.329 e. The molecule has 29 heavy (non-hydrogen) atoms. The van der Waals surface area contributed by atoms with Gasteiger partial charge >= 0.3 is 11.8 Å². The van der Waals surface area contributed by atoms with Crippen molar-refractivity contribution in [3.05, 3.63) is 58.6 Å². The van der Waals surface area contributed by atoms with Crippen molar-refractivity contribution in [2.45, 2.75) is 19.9 Å². The van der Waals surface area contributed by atoms with E-state index in [9.17, 15) is 14.4 Å². The maximum Gasteiger partial charge on any atom is 0.329 e. The van der Waals surface area contributed by atoms with E-state index >= 15 is 0 Å². The highest BCUT2D eigenvalue weighted by atomic mass is 79.9. The summed E-state index contributed by atoms with van der Waals surface area (Å²) in [7, 11) is 0. The summed E-state index contributed by atoms with van der Waals surface area (Å²) >= 11 is 3.34. The Morgan fingerprint density at radius 2 is 1.83 bits per heavy atom. The Morgan fingerprint density at radius 3 is 2.52 bits per heavy atom. The van der Waals surface area contributed by atoms with Crippen molar-refractivity contribution >= 4 is 45.6 Å². The van der Waals surface area contributed by atoms with Gasteiger partial charge in [0.2, 0.25) is 0 Å². The first-order chi connectivity index (χ1) is 13.8. The highest BCUT2D eigenvalue weighted by molar-refractivity contribution is 9.10. The molecule has 3 N–H and O–H groups in total. The van der Waals surface area contributed by atoms with Crippen LogP contribution in [0.3, 0.4) is 0 Å². The molecule has 0 aliphatic heterocycles. The molecule has 0 saturated carbocycles. The van der Waals surface area contributed by atoms with E-state index in [-0.39, 0.29) is 18.6 Å². The van der Waals surface area contributed by atoms with Gasteiger partial charge in [0.05, 0.1) is 6.21 Å². The Labute approximate surface area is 176 Å². The molecule has 0 bridgehead atoms. The molecule has 0 aromatic heterocycles. The second-order valence-corrected chi connectivity index (χ2v) is 7.13. The number of hydrazone groups is 1. The van der Waals surface area contributed by atoms with Gasteiger partial charge in [-0.25, -0.2) is 5.43 Å². The van der Waals surface area contributed by atoms with E-state index in [1.165, 1.54) is 6.21 Å². The van der Waals surface area contributed by atoms with Crippen LogP contribution in [-0.2, 0) is 14.4 Å². The number of nitrogens with one attached hydrogen (secondary N) is 3. The Balaban J connectivity index is 1.97. The Morgan fingerprint density at radius 1 is 1.10 bits per heavy atom. The third-order valence-corrected chi connectivity index (χ3v) is 3.88. The van der Waals surface area contributed by atoms with Gasteiger partial charge in [-0.3, -0.25) is 14.4 Å². The van der Waals surface area contributed by atoms with E-state index in [1.807, 2.05) is 18.2 Å². The minimum atomic E-state index is -0.880. The number of hydrogen-bond acceptors (Lipinski definition) is 5. The van der Waals surface area contributed by atoms with Crippen molar-refractivity contribution in [2.24, 2.45) is 5.10 Å². The predicted octanol–water partition coefficient (Wildman–Crippen LogP) is 2.44. The van der Waals surface area contributed by atoms with Crippen molar-refractivity contribution in [2.75, 3.05) is 11.9 Å². The highest BCUT2D eigenvalue weighted by Crippen LogP contribution is 2.22. The summed E-state index contributed by atoms with van der Waals surface area (Å²) < 4.78 is 6.32. The van der Waals surface area contributed by atoms with Crippen LogP contribution in [0.4, 0.5) is 5.69 Å². The minimum absolute atomic E-state index is 0.163. The fourth-order valence-corrected chi connectivity index (χ4v) is 2.53. The van der Waals surface area contributed by atoms with Crippen molar-refractivity contribution in [1.29, 1.82) is 0 Å². The predicted molar refractivity (Wildman–Crippen MR) is 114 cm³/mol. The van der Waals surface area contributed by atoms with Crippen molar-refractivity contribution in [3.63, 3.8) is 0 Å². The number of hydrogen-bond donors (Lipinski definition) is 3. The van der Waals surface area contributed by atoms with Crippen LogP contribution < -0.4 is 20.8 Å². The second kappa shape index (κ2) is 11.0. The molecule has 0 saturated heterocycles. The van der Waals surface area contributed by atoms with Gasteiger partial charge < -0.3 is 15.4 Å². The molecule has 0 aliphatic carbocycles. The maximum atomic E-state index is 12.0. The average Bonchev–Trinajstić information content (AvgIpc) is 2.67. The molecule has 0 spiro atoms. The molecule has 2 aromatic carbocycles. The fraction of sp³-hybridized carbons (Fsp3) is 0.200. The number of ether oxygens (including phenoxy) is 1. The van der Waals surface area contributed by atoms with Crippen LogP contribution in [0.1, 0.15) is 19.4 Å². The Bertz CT molecular complexity index is 901. The average molecular weight is 461 g/mol. The maximum absolute atomic E-state index is 12.0. The third-order valence-electron chi connectivity index (χ3n) is 3.38. The van der Waals surface area contributed by atoms with Gasteiger partial charge in [-0.2, -0.15) is 5.10 Å². The van der Waals surface area contributed by atoms with E-state index in [4.69, 9.17) is 4.74 Å². The topological polar surface area (TPSA) is 109 Å². The molecule has 2 rings (SSSR count). The second-order valence-electron chi connectivity index (χ2n) is 6.21. The molecular weight excluding hydrogens is 440 g/mol. The summed E-state index contributed by atoms with van der Waals surface area (Å²) in [5.41, 5.74) is 3.33. The van der Waals surface area contributed by atoms with Gasteiger partial charge in [0.25, 0.3) is 5.91 Å². The first-order valence-corrected chi connectivity index (χ1v) is 9.55. The van der Waals surface area contributed by atoms with Gasteiger partial charge in [-0.05, 0) is 44.2 Å². The van der Waals surface area contributed by atoms with Crippen LogP contribution >= 0.6 is 15.9 Å². The van der Waals surface area contributed by atoms with Crippen LogP contribution in [0.25, 0.3) is 0 Å². The Hall–Kier alpha value is -3.20. The molecule has 152 valence electrons. The van der Waals surface area contributed by atoms with Crippen molar-refractivity contribution in [1.82, 2.24) is 10.7 Å². The summed E-state index contributed by atoms with van der Waals surface area (Å²) in [6.45, 7) is 3.28. The summed E-state index contributed by atoms with van der Waals surface area (Å²) in [5, 5.41) is 8.96. The Kier molecular flexibility index (Phi) is 8.35. The summed E-state index contributed by atoms with van der Waals surface area (Å²) in [6, 6.07) is 14.0. The van der Waals surface area contributed by atoms with E-state index in [2.05, 4.69) is 37.1 Å². The lowest BCUT2D eigenvalue weighted by Crippen LogP contribution is -2.41. The molecule has 3 amide bonds. The van der Waals surface area contributed by atoms with Crippen LogP contribution in [0.5, 0.6) is 5.75 Å². The van der Waals surface area contributed by atoms with Gasteiger partial charge in [-0.1, -0.05) is 34.1 Å². The quantitative estimate of drug-likeness (QED) is 0.334. The molecule has 0 atom stereocenters. The standard InChI is InChI=1S/C20H21BrN4O4/c1-13(2)23-19(27)20(28)25-22-11-14-10-15(21)8-9-17(14)29-12-18(26)24-16-6-4-3-5-7-16/h3-11,13H,12H2,1-2H3,(H,23,27)(H,24,26)(H,25,28)/b22-11-. The number of halogens is 1. The van der Waals surface area contributed by atoms with Gasteiger partial charge in [0.1, 0.15) is 5.75 Å². The summed E-state index contributed by atoms with van der Waals surface area (Å²) in [4.78, 5) is 35.3. The molecular formula is C20H21BrN4O4. The fourth-order valence-electron chi connectivity index (χ4n) is 2.15. The number of benzene rings is 2. The number of carbonyl (C=O) groups excluding carboxylic acids is 3. The first kappa shape index (κ1) is 22.1. The highest BCUT2D eigenvalue weighted by Gasteiger charge is 2.13. The van der Waals surface area contributed by atoms with E-state index in [0.29, 0.717) is 17.0 Å². The molecule has 0 heterocycles. The normalized spacial score (nSPS) is 10.6. The first-order valence-electron chi connectivity index (χ1n) is 8.76. The lowest BCUT2D eigenvalue weighted by Gasteiger charge is -2.10. The summed E-state index contributed by atoms with van der Waals surface area (Å²) in [6.07, 6.45) is 1.33. The number of amides is 3. The van der Waals surface area contributed by atoms with E-state index < -0.39 is 11.8 Å². The largest absolute Gasteiger partial charge is 0.483 e. The minimum Gasteiger partial charge on any atom is -0.483 e. The summed E-state index contributed by atoms with van der Waals surface area (Å²) in [5.74, 6) is -1.59. The van der Waals surface area contributed by atoms with Crippen LogP contribution in [0.2, 0.25) is 0 Å². The molecule has 0 unspecified atom stereocenters. The van der Waals surface area contributed by atoms with Gasteiger partial charge in [0.15, 0.2) is 6.61 Å². The van der Waals surface area contributed by atoms with Crippen LogP contribution in [0, 0.1) is 0 Å². The number of rotatable bonds is 7. The van der Waals surface area contributed by atoms with Gasteiger partial charge in [-0.15, -0.1) is 0 Å². The van der Waals surface area contributed by atoms with E-state index in [0.717, 1.165) is 4.47 Å². The van der Waals surface area contributed by atoms with Crippen molar-refractivity contribution < 1.29 is 19.1 Å². The molecule has 0 fully saturated rings. The number of anilines is 1. The van der Waals surface area contributed by atoms with Gasteiger partial charge in [0, 0.05) is 21.8 Å². The lowest BCUT2D eigenvalue weighted by molar-refractivity contribution is -0.139. The number of carbonyl (C=O) groups is 3. The lowest BCUT2D eigenvalue weighted by atomic mass is 10.2.